The lowest BCUT2D eigenvalue weighted by atomic mass is 9.78. The van der Waals surface area contributed by atoms with Crippen molar-refractivity contribution in [1.82, 2.24) is 0 Å². The van der Waals surface area contributed by atoms with E-state index in [0.717, 1.165) is 30.5 Å². The summed E-state index contributed by atoms with van der Waals surface area (Å²) in [6, 6.07) is 14.3. The SMILES string of the molecule is Cc1ccc(N)cc1NC(=O)[C@@H]1C[C@@]12CCCc1ccccc12. The largest absolute Gasteiger partial charge is 0.399 e. The van der Waals surface area contributed by atoms with Crippen LogP contribution in [-0.4, -0.2) is 5.91 Å². The zero-order valence-electron chi connectivity index (χ0n) is 13.4. The van der Waals surface area contributed by atoms with Crippen LogP contribution in [-0.2, 0) is 16.6 Å². The Kier molecular flexibility index (Phi) is 3.19. The van der Waals surface area contributed by atoms with Gasteiger partial charge in [0.05, 0.1) is 0 Å². The minimum absolute atomic E-state index is 0.0765. The molecule has 1 spiro atoms. The molecule has 1 amide bonds. The molecule has 118 valence electrons. The normalized spacial score (nSPS) is 25.0. The van der Waals surface area contributed by atoms with Crippen LogP contribution in [0.25, 0.3) is 0 Å². The maximum absolute atomic E-state index is 12.8. The number of nitrogens with one attached hydrogen (secondary N) is 1. The van der Waals surface area contributed by atoms with E-state index in [1.165, 1.54) is 17.5 Å². The summed E-state index contributed by atoms with van der Waals surface area (Å²) >= 11 is 0. The van der Waals surface area contributed by atoms with Gasteiger partial charge in [-0.25, -0.2) is 0 Å². The lowest BCUT2D eigenvalue weighted by Gasteiger charge is -2.26. The van der Waals surface area contributed by atoms with Crippen LogP contribution in [0.15, 0.2) is 42.5 Å². The molecule has 3 N–H and O–H groups in total. The van der Waals surface area contributed by atoms with Crippen molar-refractivity contribution < 1.29 is 4.79 Å². The number of aryl methyl sites for hydroxylation is 2. The van der Waals surface area contributed by atoms with Gasteiger partial charge in [0, 0.05) is 22.7 Å². The number of nitrogen functional groups attached to an aromatic ring is 1. The van der Waals surface area contributed by atoms with E-state index in [-0.39, 0.29) is 17.2 Å². The molecule has 23 heavy (non-hydrogen) atoms. The molecule has 0 aromatic heterocycles. The van der Waals surface area contributed by atoms with Crippen LogP contribution < -0.4 is 11.1 Å². The highest BCUT2D eigenvalue weighted by atomic mass is 16.2. The van der Waals surface area contributed by atoms with E-state index in [9.17, 15) is 4.79 Å². The summed E-state index contributed by atoms with van der Waals surface area (Å²) in [6.45, 7) is 1.99. The van der Waals surface area contributed by atoms with Crippen molar-refractivity contribution >= 4 is 17.3 Å². The molecule has 3 heteroatoms. The first-order chi connectivity index (χ1) is 11.1. The number of carbonyl (C=O) groups is 1. The van der Waals surface area contributed by atoms with Crippen molar-refractivity contribution in [3.63, 3.8) is 0 Å². The first-order valence-electron chi connectivity index (χ1n) is 8.35. The second-order valence-electron chi connectivity index (χ2n) is 6.99. The third-order valence-corrected chi connectivity index (χ3v) is 5.53. The molecule has 2 aromatic carbocycles. The van der Waals surface area contributed by atoms with Crippen molar-refractivity contribution in [1.29, 1.82) is 0 Å². The zero-order valence-corrected chi connectivity index (χ0v) is 13.4. The van der Waals surface area contributed by atoms with E-state index < -0.39 is 0 Å². The molecule has 0 aliphatic heterocycles. The molecule has 0 unspecified atom stereocenters. The zero-order chi connectivity index (χ0) is 16.0. The lowest BCUT2D eigenvalue weighted by molar-refractivity contribution is -0.117. The van der Waals surface area contributed by atoms with Gasteiger partial charge >= 0.3 is 0 Å². The molecular formula is C20H22N2O. The number of hydrogen-bond acceptors (Lipinski definition) is 2. The third kappa shape index (κ3) is 2.31. The highest BCUT2D eigenvalue weighted by Crippen LogP contribution is 2.60. The van der Waals surface area contributed by atoms with Crippen LogP contribution in [0.1, 0.15) is 36.0 Å². The van der Waals surface area contributed by atoms with E-state index in [4.69, 9.17) is 5.73 Å². The van der Waals surface area contributed by atoms with E-state index >= 15 is 0 Å². The van der Waals surface area contributed by atoms with Gasteiger partial charge in [-0.2, -0.15) is 0 Å². The average Bonchev–Trinajstić information content (AvgIpc) is 3.26. The Morgan fingerprint density at radius 1 is 1.26 bits per heavy atom. The third-order valence-electron chi connectivity index (χ3n) is 5.53. The topological polar surface area (TPSA) is 55.1 Å². The number of hydrogen-bond donors (Lipinski definition) is 2. The van der Waals surface area contributed by atoms with Crippen LogP contribution in [0.4, 0.5) is 11.4 Å². The Morgan fingerprint density at radius 3 is 2.96 bits per heavy atom. The number of fused-ring (bicyclic) bond motifs is 2. The molecule has 0 bridgehead atoms. The molecule has 0 radical (unpaired) electrons. The van der Waals surface area contributed by atoms with Crippen molar-refractivity contribution in [2.45, 2.75) is 38.0 Å². The number of amides is 1. The number of anilines is 2. The Hall–Kier alpha value is -2.29. The average molecular weight is 306 g/mol. The van der Waals surface area contributed by atoms with E-state index in [0.29, 0.717) is 5.69 Å². The van der Waals surface area contributed by atoms with Gasteiger partial charge in [-0.15, -0.1) is 0 Å². The fourth-order valence-corrected chi connectivity index (χ4v) is 4.17. The molecule has 0 heterocycles. The second-order valence-corrected chi connectivity index (χ2v) is 6.99. The van der Waals surface area contributed by atoms with Crippen molar-refractivity contribution in [3.05, 3.63) is 59.2 Å². The van der Waals surface area contributed by atoms with Gasteiger partial charge in [-0.05, 0) is 61.4 Å². The predicted octanol–water partition coefficient (Wildman–Crippen LogP) is 3.81. The number of rotatable bonds is 2. The van der Waals surface area contributed by atoms with E-state index in [1.54, 1.807) is 0 Å². The predicted molar refractivity (Wildman–Crippen MR) is 93.4 cm³/mol. The fraction of sp³-hybridized carbons (Fsp3) is 0.350. The standard InChI is InChI=1S/C20H22N2O/c1-13-8-9-15(21)11-18(13)22-19(23)17-12-20(17)10-4-6-14-5-2-3-7-16(14)20/h2-3,5,7-9,11,17H,4,6,10,12,21H2,1H3,(H,22,23)/t17-,20+/m0/s1. The van der Waals surface area contributed by atoms with Gasteiger partial charge in [0.1, 0.15) is 0 Å². The monoisotopic (exact) mass is 306 g/mol. The summed E-state index contributed by atoms with van der Waals surface area (Å²) in [5.74, 6) is 0.222. The van der Waals surface area contributed by atoms with Crippen LogP contribution in [0.5, 0.6) is 0 Å². The van der Waals surface area contributed by atoms with Crippen molar-refractivity contribution in [2.75, 3.05) is 11.1 Å². The Bertz CT molecular complexity index is 783. The van der Waals surface area contributed by atoms with Gasteiger partial charge < -0.3 is 11.1 Å². The molecule has 2 aromatic rings. The fourth-order valence-electron chi connectivity index (χ4n) is 4.17. The molecule has 3 nitrogen and oxygen atoms in total. The molecule has 1 fully saturated rings. The summed E-state index contributed by atoms with van der Waals surface area (Å²) < 4.78 is 0. The summed E-state index contributed by atoms with van der Waals surface area (Å²) in [5, 5.41) is 3.10. The van der Waals surface area contributed by atoms with Gasteiger partial charge in [-0.1, -0.05) is 30.3 Å². The first-order valence-corrected chi connectivity index (χ1v) is 8.35. The molecule has 1 saturated carbocycles. The molecule has 2 atom stereocenters. The summed E-state index contributed by atoms with van der Waals surface area (Å²) in [5.41, 5.74) is 11.3. The van der Waals surface area contributed by atoms with Crippen LogP contribution in [0.2, 0.25) is 0 Å². The Balaban J connectivity index is 1.58. The minimum Gasteiger partial charge on any atom is -0.399 e. The summed E-state index contributed by atoms with van der Waals surface area (Å²) in [6.07, 6.45) is 4.41. The molecule has 4 rings (SSSR count). The molecule has 0 saturated heterocycles. The minimum atomic E-state index is 0.0765. The maximum atomic E-state index is 12.8. The Labute approximate surface area is 136 Å². The van der Waals surface area contributed by atoms with Gasteiger partial charge in [-0.3, -0.25) is 4.79 Å². The van der Waals surface area contributed by atoms with Crippen molar-refractivity contribution in [2.24, 2.45) is 5.92 Å². The summed E-state index contributed by atoms with van der Waals surface area (Å²) in [4.78, 5) is 12.8. The second kappa shape index (κ2) is 5.12. The molecular weight excluding hydrogens is 284 g/mol. The Morgan fingerprint density at radius 2 is 2.09 bits per heavy atom. The number of nitrogens with two attached hydrogens (primary N) is 1. The molecule has 2 aliphatic carbocycles. The first kappa shape index (κ1) is 14.3. The van der Waals surface area contributed by atoms with Crippen LogP contribution in [0.3, 0.4) is 0 Å². The van der Waals surface area contributed by atoms with E-state index in [2.05, 4.69) is 29.6 Å². The molecule has 2 aliphatic rings. The quantitative estimate of drug-likeness (QED) is 0.829. The van der Waals surface area contributed by atoms with Crippen molar-refractivity contribution in [3.8, 4) is 0 Å². The van der Waals surface area contributed by atoms with Gasteiger partial charge in [0.15, 0.2) is 0 Å². The number of benzene rings is 2. The van der Waals surface area contributed by atoms with Gasteiger partial charge in [0.2, 0.25) is 5.91 Å². The maximum Gasteiger partial charge on any atom is 0.228 e. The van der Waals surface area contributed by atoms with Crippen LogP contribution in [0, 0.1) is 12.8 Å². The van der Waals surface area contributed by atoms with Crippen LogP contribution >= 0.6 is 0 Å². The van der Waals surface area contributed by atoms with E-state index in [1.807, 2.05) is 25.1 Å². The highest BCUT2D eigenvalue weighted by molar-refractivity contribution is 5.97. The van der Waals surface area contributed by atoms with Gasteiger partial charge in [0.25, 0.3) is 0 Å². The summed E-state index contributed by atoms with van der Waals surface area (Å²) in [7, 11) is 0. The lowest BCUT2D eigenvalue weighted by Crippen LogP contribution is -2.25. The highest BCUT2D eigenvalue weighted by Gasteiger charge is 2.60. The smallest absolute Gasteiger partial charge is 0.228 e. The number of carbonyl (C=O) groups excluding carboxylic acids is 1.